The van der Waals surface area contributed by atoms with Crippen LogP contribution in [0.15, 0.2) is 18.2 Å². The Bertz CT molecular complexity index is 1170. The van der Waals surface area contributed by atoms with Gasteiger partial charge in [0.05, 0.1) is 53.5 Å². The summed E-state index contributed by atoms with van der Waals surface area (Å²) in [7, 11) is 1.45. The molecule has 0 radical (unpaired) electrons. The number of methoxy groups -OCH3 is 1. The van der Waals surface area contributed by atoms with Gasteiger partial charge in [0.2, 0.25) is 11.8 Å². The van der Waals surface area contributed by atoms with Crippen molar-refractivity contribution < 1.29 is 51.6 Å². The maximum absolute atomic E-state index is 13.5. The van der Waals surface area contributed by atoms with Crippen molar-refractivity contribution in [1.82, 2.24) is 0 Å². The molecule has 13 heteroatoms. The first-order valence-corrected chi connectivity index (χ1v) is 10.9. The number of rotatable bonds is 7. The van der Waals surface area contributed by atoms with E-state index < -0.39 is 70.5 Å². The van der Waals surface area contributed by atoms with Gasteiger partial charge in [-0.1, -0.05) is 0 Å². The lowest BCUT2D eigenvalue weighted by molar-refractivity contribution is -0.198. The topological polar surface area (TPSA) is 135 Å². The van der Waals surface area contributed by atoms with Gasteiger partial charge in [-0.2, -0.15) is 18.4 Å². The smallest absolute Gasteiger partial charge is 0.417 e. The number of halogens is 3. The van der Waals surface area contributed by atoms with E-state index in [1.807, 2.05) is 0 Å². The molecule has 0 spiro atoms. The number of carbonyl (C=O) groups excluding carboxylic acids is 3. The summed E-state index contributed by atoms with van der Waals surface area (Å²) in [4.78, 5) is 40.3. The number of imide groups is 1. The third kappa shape index (κ3) is 3.59. The van der Waals surface area contributed by atoms with E-state index in [0.717, 1.165) is 12.1 Å². The molecule has 5 atom stereocenters. The lowest BCUT2D eigenvalue weighted by atomic mass is 9.61. The summed E-state index contributed by atoms with van der Waals surface area (Å²) < 4.78 is 61.3. The molecule has 2 unspecified atom stereocenters. The first-order valence-electron chi connectivity index (χ1n) is 10.9. The molecule has 3 saturated heterocycles. The summed E-state index contributed by atoms with van der Waals surface area (Å²) in [5.74, 6) is -5.42. The van der Waals surface area contributed by atoms with Gasteiger partial charge >= 0.3 is 12.1 Å². The Morgan fingerprint density at radius 2 is 1.92 bits per heavy atom. The van der Waals surface area contributed by atoms with Gasteiger partial charge in [-0.25, -0.2) is 9.69 Å². The van der Waals surface area contributed by atoms with E-state index in [4.69, 9.17) is 24.2 Å². The van der Waals surface area contributed by atoms with Crippen molar-refractivity contribution in [1.29, 1.82) is 5.26 Å². The molecule has 3 aliphatic rings. The molecule has 4 rings (SSSR count). The Balaban J connectivity index is 1.66. The van der Waals surface area contributed by atoms with E-state index in [0.29, 0.717) is 11.0 Å². The SMILES string of the molecule is COCCOCOC(=O)[C@@]1(O)CC2(C)OC1(C)[C@H]1C(=O)N(c3ccc(C#N)c(C(F)(F)F)c3)C(=O)[C@H]12. The molecule has 36 heavy (non-hydrogen) atoms. The number of ether oxygens (including phenoxy) is 4. The molecule has 0 saturated carbocycles. The molecular weight excluding hydrogens is 489 g/mol. The van der Waals surface area contributed by atoms with E-state index in [1.54, 1.807) is 0 Å². The van der Waals surface area contributed by atoms with Crippen LogP contribution in [0.2, 0.25) is 0 Å². The Hall–Kier alpha value is -3.05. The van der Waals surface area contributed by atoms with Crippen LogP contribution in [0, 0.1) is 23.2 Å². The van der Waals surface area contributed by atoms with Crippen LogP contribution in [0.25, 0.3) is 0 Å². The number of anilines is 1. The first-order chi connectivity index (χ1) is 16.7. The summed E-state index contributed by atoms with van der Waals surface area (Å²) in [6.45, 7) is 2.60. The average Bonchev–Trinajstić information content (AvgIpc) is 3.31. The number of hydrogen-bond donors (Lipinski definition) is 1. The quantitative estimate of drug-likeness (QED) is 0.250. The lowest BCUT2D eigenvalue weighted by Crippen LogP contribution is -2.62. The number of amides is 2. The van der Waals surface area contributed by atoms with Crippen LogP contribution in [0.5, 0.6) is 0 Å². The van der Waals surface area contributed by atoms with Gasteiger partial charge in [0.1, 0.15) is 5.60 Å². The first kappa shape index (κ1) is 26.0. The molecule has 3 aliphatic heterocycles. The summed E-state index contributed by atoms with van der Waals surface area (Å²) in [6, 6.07) is 3.93. The van der Waals surface area contributed by atoms with E-state index >= 15 is 0 Å². The van der Waals surface area contributed by atoms with Crippen LogP contribution >= 0.6 is 0 Å². The molecule has 2 bridgehead atoms. The van der Waals surface area contributed by atoms with Gasteiger partial charge < -0.3 is 24.1 Å². The summed E-state index contributed by atoms with van der Waals surface area (Å²) in [6.07, 6.45) is -5.29. The van der Waals surface area contributed by atoms with Crippen LogP contribution < -0.4 is 4.90 Å². The number of nitriles is 1. The number of aliphatic hydroxyl groups is 1. The highest BCUT2D eigenvalue weighted by Gasteiger charge is 2.82. The van der Waals surface area contributed by atoms with E-state index in [2.05, 4.69) is 0 Å². The minimum Gasteiger partial charge on any atom is -0.436 e. The molecular formula is C23H23F3N2O8. The predicted molar refractivity (Wildman–Crippen MR) is 112 cm³/mol. The minimum absolute atomic E-state index is 0.116. The second-order valence-electron chi connectivity index (χ2n) is 9.32. The van der Waals surface area contributed by atoms with Crippen molar-refractivity contribution in [3.8, 4) is 6.07 Å². The number of alkyl halides is 3. The summed E-state index contributed by atoms with van der Waals surface area (Å²) in [5, 5.41) is 20.4. The third-order valence-corrected chi connectivity index (χ3v) is 7.16. The highest BCUT2D eigenvalue weighted by Crippen LogP contribution is 2.65. The summed E-state index contributed by atoms with van der Waals surface area (Å²) in [5.41, 5.74) is -8.07. The third-order valence-electron chi connectivity index (χ3n) is 7.16. The molecule has 0 aliphatic carbocycles. The molecule has 1 N–H and O–H groups in total. The number of fused-ring (bicyclic) bond motifs is 5. The number of benzene rings is 1. The highest BCUT2D eigenvalue weighted by atomic mass is 19.4. The molecule has 0 aromatic heterocycles. The number of nitrogens with zero attached hydrogens (tertiary/aromatic N) is 2. The van der Waals surface area contributed by atoms with Crippen LogP contribution in [-0.4, -0.2) is 66.8 Å². The van der Waals surface area contributed by atoms with Gasteiger partial charge in [0.25, 0.3) is 0 Å². The van der Waals surface area contributed by atoms with Crippen molar-refractivity contribution >= 4 is 23.5 Å². The second kappa shape index (κ2) is 8.52. The largest absolute Gasteiger partial charge is 0.436 e. The molecule has 3 fully saturated rings. The monoisotopic (exact) mass is 512 g/mol. The van der Waals surface area contributed by atoms with E-state index in [-0.39, 0.29) is 25.3 Å². The van der Waals surface area contributed by atoms with Gasteiger partial charge in [0, 0.05) is 13.5 Å². The van der Waals surface area contributed by atoms with E-state index in [9.17, 15) is 32.7 Å². The Labute approximate surface area is 203 Å². The molecule has 1 aromatic carbocycles. The van der Waals surface area contributed by atoms with E-state index in [1.165, 1.54) is 27.0 Å². The normalized spacial score (nSPS) is 33.1. The van der Waals surface area contributed by atoms with Crippen LogP contribution in [0.4, 0.5) is 18.9 Å². The zero-order chi connectivity index (χ0) is 26.7. The molecule has 10 nitrogen and oxygen atoms in total. The average molecular weight is 512 g/mol. The van der Waals surface area contributed by atoms with Crippen molar-refractivity contribution in [3.05, 3.63) is 29.3 Å². The zero-order valence-electron chi connectivity index (χ0n) is 19.5. The van der Waals surface area contributed by atoms with Crippen LogP contribution in [0.1, 0.15) is 31.4 Å². The fourth-order valence-electron chi connectivity index (χ4n) is 5.57. The Kier molecular flexibility index (Phi) is 6.16. The molecule has 3 heterocycles. The lowest BCUT2D eigenvalue weighted by Gasteiger charge is -2.40. The number of esters is 1. The fourth-order valence-corrected chi connectivity index (χ4v) is 5.57. The zero-order valence-corrected chi connectivity index (χ0v) is 19.5. The van der Waals surface area contributed by atoms with Crippen molar-refractivity contribution in [2.75, 3.05) is 32.0 Å². The molecule has 194 valence electrons. The fraction of sp³-hybridized carbons (Fsp3) is 0.565. The Morgan fingerprint density at radius 1 is 1.25 bits per heavy atom. The predicted octanol–water partition coefficient (Wildman–Crippen LogP) is 1.53. The maximum Gasteiger partial charge on any atom is 0.417 e. The standard InChI is InChI=1S/C23H23F3N2O8/c1-20-10-22(32,19(31)35-11-34-7-6-33-3)21(2,36-20)16-15(20)17(29)28(18(16)30)13-5-4-12(9-27)14(8-13)23(24,25)26/h4-5,8,15-16,32H,6-7,10-11H2,1-3H3/t15-,16+,20?,21?,22-/m0/s1. The van der Waals surface area contributed by atoms with Gasteiger partial charge in [-0.15, -0.1) is 0 Å². The summed E-state index contributed by atoms with van der Waals surface area (Å²) >= 11 is 0. The van der Waals surface area contributed by atoms with Crippen molar-refractivity contribution in [2.24, 2.45) is 11.8 Å². The van der Waals surface area contributed by atoms with Gasteiger partial charge in [-0.3, -0.25) is 9.59 Å². The van der Waals surface area contributed by atoms with Crippen molar-refractivity contribution in [3.63, 3.8) is 0 Å². The highest BCUT2D eigenvalue weighted by molar-refractivity contribution is 6.23. The second-order valence-corrected chi connectivity index (χ2v) is 9.32. The molecule has 2 amide bonds. The van der Waals surface area contributed by atoms with Gasteiger partial charge in [0.15, 0.2) is 12.4 Å². The molecule has 1 aromatic rings. The van der Waals surface area contributed by atoms with Crippen molar-refractivity contribution in [2.45, 2.75) is 43.2 Å². The van der Waals surface area contributed by atoms with Crippen LogP contribution in [0.3, 0.4) is 0 Å². The number of hydrogen-bond acceptors (Lipinski definition) is 9. The Morgan fingerprint density at radius 3 is 2.53 bits per heavy atom. The maximum atomic E-state index is 13.5. The number of carbonyl (C=O) groups is 3. The van der Waals surface area contributed by atoms with Crippen LogP contribution in [-0.2, 0) is 39.5 Å². The van der Waals surface area contributed by atoms with Gasteiger partial charge in [-0.05, 0) is 32.0 Å². The minimum atomic E-state index is -4.90.